The van der Waals surface area contributed by atoms with Gasteiger partial charge in [-0.1, -0.05) is 6.07 Å². The van der Waals surface area contributed by atoms with Crippen LogP contribution in [0.2, 0.25) is 0 Å². The van der Waals surface area contributed by atoms with E-state index in [1.165, 1.54) is 0 Å². The number of nitrogens with zero attached hydrogens (tertiary/aromatic N) is 3. The van der Waals surface area contributed by atoms with Crippen LogP contribution in [0.25, 0.3) is 0 Å². The first kappa shape index (κ1) is 16.5. The molecule has 7 heteroatoms. The van der Waals surface area contributed by atoms with Crippen molar-refractivity contribution in [2.75, 3.05) is 18.4 Å². The lowest BCUT2D eigenvalue weighted by atomic mass is 10.2. The monoisotopic (exact) mass is 351 g/mol. The fourth-order valence-corrected chi connectivity index (χ4v) is 3.02. The smallest absolute Gasteiger partial charge is 0.256 e. The molecule has 26 heavy (non-hydrogen) atoms. The molecule has 3 heterocycles. The van der Waals surface area contributed by atoms with E-state index in [1.54, 1.807) is 11.1 Å². The summed E-state index contributed by atoms with van der Waals surface area (Å²) in [5.41, 5.74) is 2.49. The summed E-state index contributed by atoms with van der Waals surface area (Å²) in [6, 6.07) is 7.53. The van der Waals surface area contributed by atoms with Gasteiger partial charge in [-0.2, -0.15) is 0 Å². The number of amides is 2. The van der Waals surface area contributed by atoms with Crippen LogP contribution in [-0.2, 0) is 17.9 Å². The van der Waals surface area contributed by atoms with Crippen LogP contribution in [0.5, 0.6) is 0 Å². The molecule has 134 valence electrons. The van der Waals surface area contributed by atoms with Crippen LogP contribution in [0.4, 0.5) is 5.82 Å². The summed E-state index contributed by atoms with van der Waals surface area (Å²) in [7, 11) is 0. The van der Waals surface area contributed by atoms with Crippen molar-refractivity contribution in [3.63, 3.8) is 0 Å². The minimum atomic E-state index is -0.0213. The van der Waals surface area contributed by atoms with Gasteiger partial charge in [0.2, 0.25) is 5.91 Å². The molecule has 2 amide bonds. The molecule has 0 saturated heterocycles. The highest BCUT2D eigenvalue weighted by molar-refractivity contribution is 5.98. The van der Waals surface area contributed by atoms with Gasteiger partial charge in [-0.15, -0.1) is 0 Å². The summed E-state index contributed by atoms with van der Waals surface area (Å²) >= 11 is 0. The molecule has 0 aromatic carbocycles. The number of fused-ring (bicyclic) bond motifs is 1. The number of carbonyl (C=O) groups excluding carboxylic acids is 2. The molecule has 2 aromatic rings. The van der Waals surface area contributed by atoms with Crippen molar-refractivity contribution in [2.45, 2.75) is 25.9 Å². The highest BCUT2D eigenvalue weighted by Gasteiger charge is 2.31. The molecule has 2 N–H and O–H groups in total. The average Bonchev–Trinajstić information content (AvgIpc) is 3.47. The fourth-order valence-electron chi connectivity index (χ4n) is 3.02. The first-order chi connectivity index (χ1) is 12.7. The highest BCUT2D eigenvalue weighted by atomic mass is 16.2. The van der Waals surface area contributed by atoms with Crippen LogP contribution >= 0.6 is 0 Å². The second-order valence-electron chi connectivity index (χ2n) is 6.70. The van der Waals surface area contributed by atoms with Gasteiger partial charge < -0.3 is 15.5 Å². The maximum atomic E-state index is 12.5. The molecule has 0 spiro atoms. The molecular weight excluding hydrogens is 330 g/mol. The minimum Gasteiger partial charge on any atom is -0.366 e. The van der Waals surface area contributed by atoms with E-state index in [4.69, 9.17) is 0 Å². The predicted molar refractivity (Wildman–Crippen MR) is 96.3 cm³/mol. The van der Waals surface area contributed by atoms with Crippen molar-refractivity contribution in [3.05, 3.63) is 53.5 Å². The minimum absolute atomic E-state index is 0.0213. The summed E-state index contributed by atoms with van der Waals surface area (Å²) in [4.78, 5) is 34.5. The van der Waals surface area contributed by atoms with Crippen molar-refractivity contribution < 1.29 is 9.59 Å². The number of carbonyl (C=O) groups is 2. The quantitative estimate of drug-likeness (QED) is 0.791. The number of hydrogen-bond donors (Lipinski definition) is 2. The summed E-state index contributed by atoms with van der Waals surface area (Å²) in [5, 5.41) is 6.16. The van der Waals surface area contributed by atoms with Crippen molar-refractivity contribution in [1.29, 1.82) is 0 Å². The van der Waals surface area contributed by atoms with E-state index in [0.717, 1.165) is 29.9 Å². The highest BCUT2D eigenvalue weighted by Crippen LogP contribution is 2.28. The van der Waals surface area contributed by atoms with Gasteiger partial charge in [-0.3, -0.25) is 14.6 Å². The second kappa shape index (κ2) is 7.11. The van der Waals surface area contributed by atoms with E-state index >= 15 is 0 Å². The molecule has 4 rings (SSSR count). The van der Waals surface area contributed by atoms with Crippen LogP contribution in [0.1, 0.15) is 34.5 Å². The maximum Gasteiger partial charge on any atom is 0.256 e. The molecule has 1 aliphatic carbocycles. The maximum absolute atomic E-state index is 12.5. The normalized spacial score (nSPS) is 15.7. The second-order valence-corrected chi connectivity index (χ2v) is 6.70. The Morgan fingerprint density at radius 3 is 2.92 bits per heavy atom. The number of pyridine rings is 2. The molecular formula is C19H21N5O2. The molecule has 1 aliphatic heterocycles. The topological polar surface area (TPSA) is 87.2 Å². The van der Waals surface area contributed by atoms with Crippen molar-refractivity contribution in [1.82, 2.24) is 20.2 Å². The number of rotatable bonds is 7. The van der Waals surface area contributed by atoms with Crippen LogP contribution in [0.3, 0.4) is 0 Å². The zero-order chi connectivity index (χ0) is 17.9. The lowest BCUT2D eigenvalue weighted by Gasteiger charge is -2.15. The van der Waals surface area contributed by atoms with Crippen LogP contribution in [-0.4, -0.2) is 39.8 Å². The Kier molecular flexibility index (Phi) is 4.51. The van der Waals surface area contributed by atoms with Gasteiger partial charge in [0.25, 0.3) is 5.91 Å². The third kappa shape index (κ3) is 3.66. The molecule has 1 fully saturated rings. The molecule has 7 nitrogen and oxygen atoms in total. The Morgan fingerprint density at radius 1 is 1.27 bits per heavy atom. The molecule has 1 saturated carbocycles. The lowest BCUT2D eigenvalue weighted by molar-refractivity contribution is -0.122. The molecule has 0 radical (unpaired) electrons. The first-order valence-electron chi connectivity index (χ1n) is 8.90. The van der Waals surface area contributed by atoms with Crippen molar-refractivity contribution in [3.8, 4) is 0 Å². The number of aromatic nitrogens is 2. The fraction of sp³-hybridized carbons (Fsp3) is 0.368. The Labute approximate surface area is 151 Å². The zero-order valence-corrected chi connectivity index (χ0v) is 14.4. The van der Waals surface area contributed by atoms with Crippen molar-refractivity contribution in [2.24, 2.45) is 5.92 Å². The van der Waals surface area contributed by atoms with E-state index in [0.29, 0.717) is 31.7 Å². The Balaban J connectivity index is 1.33. The summed E-state index contributed by atoms with van der Waals surface area (Å²) in [6.07, 6.45) is 5.52. The predicted octanol–water partition coefficient (Wildman–Crippen LogP) is 1.57. The van der Waals surface area contributed by atoms with E-state index in [9.17, 15) is 9.59 Å². The lowest BCUT2D eigenvalue weighted by Crippen LogP contribution is -2.35. The Bertz CT molecular complexity index is 820. The SMILES string of the molecule is O=C(NCCN1Cc2nc(NCc3cccnc3)ccc2C1=O)C1CC1. The van der Waals surface area contributed by atoms with Gasteiger partial charge in [0, 0.05) is 37.9 Å². The van der Waals surface area contributed by atoms with E-state index in [1.807, 2.05) is 30.5 Å². The largest absolute Gasteiger partial charge is 0.366 e. The number of anilines is 1. The molecule has 0 unspecified atom stereocenters. The van der Waals surface area contributed by atoms with E-state index in [2.05, 4.69) is 20.6 Å². The van der Waals surface area contributed by atoms with E-state index < -0.39 is 0 Å². The number of hydrogen-bond acceptors (Lipinski definition) is 5. The zero-order valence-electron chi connectivity index (χ0n) is 14.4. The Morgan fingerprint density at radius 2 is 2.15 bits per heavy atom. The standard InChI is InChI=1S/C19H21N5O2/c25-18(14-3-4-14)21-8-9-24-12-16-15(19(24)26)5-6-17(23-16)22-11-13-2-1-7-20-10-13/h1-2,5-7,10,14H,3-4,8-9,11-12H2,(H,21,25)(H,22,23). The van der Waals surface area contributed by atoms with Gasteiger partial charge in [0.15, 0.2) is 0 Å². The van der Waals surface area contributed by atoms with Gasteiger partial charge in [-0.25, -0.2) is 4.98 Å². The summed E-state index contributed by atoms with van der Waals surface area (Å²) in [5.74, 6) is 1.02. The number of nitrogens with one attached hydrogen (secondary N) is 2. The average molecular weight is 351 g/mol. The summed E-state index contributed by atoms with van der Waals surface area (Å²) < 4.78 is 0. The Hall–Kier alpha value is -2.96. The molecule has 0 bridgehead atoms. The first-order valence-corrected chi connectivity index (χ1v) is 8.90. The molecule has 2 aliphatic rings. The van der Waals surface area contributed by atoms with Gasteiger partial charge in [0.1, 0.15) is 5.82 Å². The summed E-state index contributed by atoms with van der Waals surface area (Å²) in [6.45, 7) is 2.10. The third-order valence-corrected chi connectivity index (χ3v) is 4.66. The van der Waals surface area contributed by atoms with Gasteiger partial charge in [-0.05, 0) is 36.6 Å². The third-order valence-electron chi connectivity index (χ3n) is 4.66. The van der Waals surface area contributed by atoms with Gasteiger partial charge >= 0.3 is 0 Å². The molecule has 2 aromatic heterocycles. The van der Waals surface area contributed by atoms with Crippen LogP contribution in [0.15, 0.2) is 36.7 Å². The van der Waals surface area contributed by atoms with Gasteiger partial charge in [0.05, 0.1) is 17.8 Å². The molecule has 0 atom stereocenters. The van der Waals surface area contributed by atoms with Crippen LogP contribution in [0, 0.1) is 5.92 Å². The van der Waals surface area contributed by atoms with E-state index in [-0.39, 0.29) is 17.7 Å². The van der Waals surface area contributed by atoms with Crippen LogP contribution < -0.4 is 10.6 Å². The van der Waals surface area contributed by atoms with Crippen molar-refractivity contribution >= 4 is 17.6 Å².